The highest BCUT2D eigenvalue weighted by Crippen LogP contribution is 2.21. The predicted octanol–water partition coefficient (Wildman–Crippen LogP) is 6.44. The minimum Gasteiger partial charge on any atom is -0.492 e. The number of hydrogen-bond donors (Lipinski definition) is 3. The van der Waals surface area contributed by atoms with Gasteiger partial charge in [-0.25, -0.2) is 0 Å². The Morgan fingerprint density at radius 3 is 1.58 bits per heavy atom. The summed E-state index contributed by atoms with van der Waals surface area (Å²) in [6.45, 7) is 3.63. The SMILES string of the molecule is CCC(COc1ccc(Cc2ccc(OCC(CS)SCCS)cc2)cc1)SCCS. The van der Waals surface area contributed by atoms with Gasteiger partial charge in [0.05, 0.1) is 0 Å². The molecule has 0 spiro atoms. The second-order valence-corrected chi connectivity index (χ2v) is 11.2. The number of rotatable bonds is 16. The predicted molar refractivity (Wildman–Crippen MR) is 151 cm³/mol. The van der Waals surface area contributed by atoms with E-state index >= 15 is 0 Å². The Labute approximate surface area is 213 Å². The van der Waals surface area contributed by atoms with Crippen LogP contribution in [-0.4, -0.2) is 52.5 Å². The molecule has 0 aromatic heterocycles. The summed E-state index contributed by atoms with van der Waals surface area (Å²) in [5.41, 5.74) is 2.54. The molecule has 2 unspecified atom stereocenters. The molecule has 0 saturated heterocycles. The molecule has 2 rings (SSSR count). The number of thiol groups is 3. The maximum absolute atomic E-state index is 5.98. The number of hydrogen-bond acceptors (Lipinski definition) is 7. The van der Waals surface area contributed by atoms with Crippen molar-refractivity contribution < 1.29 is 9.47 Å². The van der Waals surface area contributed by atoms with Crippen LogP contribution in [0.15, 0.2) is 48.5 Å². The van der Waals surface area contributed by atoms with Crippen LogP contribution < -0.4 is 9.47 Å². The van der Waals surface area contributed by atoms with Crippen LogP contribution in [0.2, 0.25) is 0 Å². The fourth-order valence-electron chi connectivity index (χ4n) is 2.90. The van der Waals surface area contributed by atoms with Crippen LogP contribution in [0.1, 0.15) is 24.5 Å². The fraction of sp³-hybridized carbons (Fsp3) is 0.500. The van der Waals surface area contributed by atoms with Crippen LogP contribution in [0.25, 0.3) is 0 Å². The van der Waals surface area contributed by atoms with Crippen molar-refractivity contribution in [3.05, 3.63) is 59.7 Å². The van der Waals surface area contributed by atoms with Crippen molar-refractivity contribution in [2.45, 2.75) is 30.3 Å². The molecule has 0 saturated carbocycles. The minimum absolute atomic E-state index is 0.394. The third-order valence-corrected chi connectivity index (χ3v) is 9.01. The largest absolute Gasteiger partial charge is 0.492 e. The Bertz CT molecular complexity index is 647. The van der Waals surface area contributed by atoms with E-state index in [0.29, 0.717) is 17.1 Å². The van der Waals surface area contributed by atoms with Gasteiger partial charge in [0.1, 0.15) is 24.7 Å². The van der Waals surface area contributed by atoms with Gasteiger partial charge in [0.2, 0.25) is 0 Å². The van der Waals surface area contributed by atoms with Crippen molar-refractivity contribution in [3.63, 3.8) is 0 Å². The summed E-state index contributed by atoms with van der Waals surface area (Å²) in [6.07, 6.45) is 2.01. The highest BCUT2D eigenvalue weighted by molar-refractivity contribution is 8.01. The minimum atomic E-state index is 0.394. The zero-order valence-corrected chi connectivity index (χ0v) is 22.4. The highest BCUT2D eigenvalue weighted by atomic mass is 32.2. The lowest BCUT2D eigenvalue weighted by atomic mass is 10.0. The van der Waals surface area contributed by atoms with E-state index in [0.717, 1.165) is 59.7 Å². The van der Waals surface area contributed by atoms with Crippen molar-refractivity contribution in [3.8, 4) is 11.5 Å². The van der Waals surface area contributed by atoms with E-state index in [-0.39, 0.29) is 0 Å². The third-order valence-electron chi connectivity index (χ3n) is 4.68. The monoisotopic (exact) mass is 514 g/mol. The van der Waals surface area contributed by atoms with E-state index in [1.54, 1.807) is 0 Å². The van der Waals surface area contributed by atoms with Gasteiger partial charge in [-0.3, -0.25) is 0 Å². The van der Waals surface area contributed by atoms with Crippen molar-refractivity contribution in [2.24, 2.45) is 0 Å². The Kier molecular flexibility index (Phi) is 14.3. The van der Waals surface area contributed by atoms with E-state index in [2.05, 4.69) is 93.3 Å². The summed E-state index contributed by atoms with van der Waals surface area (Å²) in [6, 6.07) is 16.8. The van der Waals surface area contributed by atoms with E-state index in [1.165, 1.54) is 11.1 Å². The van der Waals surface area contributed by atoms with Crippen LogP contribution in [0.3, 0.4) is 0 Å². The van der Waals surface area contributed by atoms with Gasteiger partial charge in [-0.1, -0.05) is 31.2 Å². The molecular formula is C24H34O2S5. The molecule has 0 aliphatic rings. The Morgan fingerprint density at radius 2 is 1.16 bits per heavy atom. The van der Waals surface area contributed by atoms with Crippen molar-refractivity contribution in [2.75, 3.05) is 42.0 Å². The lowest BCUT2D eigenvalue weighted by molar-refractivity contribution is 0.315. The van der Waals surface area contributed by atoms with Gasteiger partial charge in [0.25, 0.3) is 0 Å². The molecule has 0 bridgehead atoms. The maximum Gasteiger partial charge on any atom is 0.119 e. The van der Waals surface area contributed by atoms with Crippen molar-refractivity contribution >= 4 is 61.4 Å². The molecule has 172 valence electrons. The summed E-state index contributed by atoms with van der Waals surface area (Å²) >= 11 is 16.8. The van der Waals surface area contributed by atoms with Crippen LogP contribution in [0, 0.1) is 0 Å². The summed E-state index contributed by atoms with van der Waals surface area (Å²) in [7, 11) is 0. The maximum atomic E-state index is 5.98. The molecular weight excluding hydrogens is 481 g/mol. The zero-order valence-electron chi connectivity index (χ0n) is 18.1. The van der Waals surface area contributed by atoms with Gasteiger partial charge in [0, 0.05) is 27.8 Å². The topological polar surface area (TPSA) is 18.5 Å². The second kappa shape index (κ2) is 16.4. The van der Waals surface area contributed by atoms with E-state index in [1.807, 2.05) is 23.5 Å². The molecule has 2 nitrogen and oxygen atoms in total. The molecule has 2 atom stereocenters. The van der Waals surface area contributed by atoms with Crippen LogP contribution in [0.5, 0.6) is 11.5 Å². The third kappa shape index (κ3) is 11.0. The number of benzene rings is 2. The normalized spacial score (nSPS) is 13.0. The van der Waals surface area contributed by atoms with Gasteiger partial charge in [0.15, 0.2) is 0 Å². The van der Waals surface area contributed by atoms with E-state index < -0.39 is 0 Å². The van der Waals surface area contributed by atoms with Gasteiger partial charge < -0.3 is 9.47 Å². The van der Waals surface area contributed by atoms with Gasteiger partial charge in [-0.05, 0) is 59.7 Å². The Morgan fingerprint density at radius 1 is 0.710 bits per heavy atom. The molecule has 0 aliphatic carbocycles. The van der Waals surface area contributed by atoms with Gasteiger partial charge >= 0.3 is 0 Å². The molecule has 0 heterocycles. The average Bonchev–Trinajstić information content (AvgIpc) is 2.81. The molecule has 0 aliphatic heterocycles. The van der Waals surface area contributed by atoms with Gasteiger partial charge in [-0.2, -0.15) is 61.4 Å². The first-order chi connectivity index (χ1) is 15.2. The van der Waals surface area contributed by atoms with Gasteiger partial charge in [-0.15, -0.1) is 0 Å². The van der Waals surface area contributed by atoms with E-state index in [9.17, 15) is 0 Å². The van der Waals surface area contributed by atoms with Crippen molar-refractivity contribution in [1.82, 2.24) is 0 Å². The molecule has 0 fully saturated rings. The summed E-state index contributed by atoms with van der Waals surface area (Å²) in [4.78, 5) is 0. The smallest absolute Gasteiger partial charge is 0.119 e. The number of thioether (sulfide) groups is 2. The first-order valence-corrected chi connectivity index (χ1v) is 14.7. The first kappa shape index (κ1) is 27.0. The van der Waals surface area contributed by atoms with Crippen LogP contribution >= 0.6 is 61.4 Å². The lowest BCUT2D eigenvalue weighted by Crippen LogP contribution is -2.17. The molecule has 2 aromatic carbocycles. The molecule has 0 N–H and O–H groups in total. The standard InChI is InChI=1S/C24H34O2S5/c1-2-23(30-13-11-27)16-25-21-7-3-19(4-8-21)15-20-5-9-22(10-6-20)26-17-24(18-29)31-14-12-28/h3-10,23-24,27-29H,2,11-18H2,1H3. The fourth-order valence-corrected chi connectivity index (χ4v) is 5.50. The molecule has 0 radical (unpaired) electrons. The highest BCUT2D eigenvalue weighted by Gasteiger charge is 2.09. The molecule has 31 heavy (non-hydrogen) atoms. The Balaban J connectivity index is 1.79. The quantitative estimate of drug-likeness (QED) is 0.224. The number of ether oxygens (including phenoxy) is 2. The zero-order chi connectivity index (χ0) is 22.3. The van der Waals surface area contributed by atoms with E-state index in [4.69, 9.17) is 9.47 Å². The molecule has 0 amide bonds. The first-order valence-electron chi connectivity index (χ1n) is 10.7. The summed E-state index contributed by atoms with van der Waals surface area (Å²) in [5.74, 6) is 6.54. The van der Waals surface area contributed by atoms with Crippen LogP contribution in [0.4, 0.5) is 0 Å². The average molecular weight is 515 g/mol. The molecule has 7 heteroatoms. The molecule has 2 aromatic rings. The Hall–Kier alpha value is -0.210. The van der Waals surface area contributed by atoms with Crippen LogP contribution in [-0.2, 0) is 6.42 Å². The summed E-state index contributed by atoms with van der Waals surface area (Å²) < 4.78 is 11.9. The lowest BCUT2D eigenvalue weighted by Gasteiger charge is -2.15. The summed E-state index contributed by atoms with van der Waals surface area (Å²) in [5, 5.41) is 0.919. The second-order valence-electron chi connectivity index (χ2n) is 7.11. The van der Waals surface area contributed by atoms with Crippen molar-refractivity contribution in [1.29, 1.82) is 0 Å².